The zero-order chi connectivity index (χ0) is 20.1. The molecule has 3 aromatic rings. The molecule has 0 aliphatic rings. The van der Waals surface area contributed by atoms with Gasteiger partial charge in [-0.15, -0.1) is 0 Å². The molecule has 0 unspecified atom stereocenters. The van der Waals surface area contributed by atoms with Gasteiger partial charge in [-0.05, 0) is 23.8 Å². The van der Waals surface area contributed by atoms with Crippen molar-refractivity contribution in [3.05, 3.63) is 60.2 Å². The van der Waals surface area contributed by atoms with Gasteiger partial charge in [-0.3, -0.25) is 9.78 Å². The molecule has 0 saturated carbocycles. The molecule has 28 heavy (non-hydrogen) atoms. The van der Waals surface area contributed by atoms with Crippen molar-refractivity contribution in [1.82, 2.24) is 19.4 Å². The molecule has 9 nitrogen and oxygen atoms in total. The largest absolute Gasteiger partial charge is 0.339 e. The van der Waals surface area contributed by atoms with Crippen LogP contribution in [0.15, 0.2) is 53.3 Å². The van der Waals surface area contributed by atoms with Crippen molar-refractivity contribution >= 4 is 21.6 Å². The van der Waals surface area contributed by atoms with Crippen LogP contribution in [0, 0.1) is 0 Å². The van der Waals surface area contributed by atoms with E-state index in [4.69, 9.17) is 4.52 Å². The van der Waals surface area contributed by atoms with Gasteiger partial charge in [0.2, 0.25) is 27.6 Å². The molecule has 1 amide bonds. The number of rotatable bonds is 7. The summed E-state index contributed by atoms with van der Waals surface area (Å²) in [6, 6.07) is 10.8. The van der Waals surface area contributed by atoms with E-state index in [1.54, 1.807) is 30.6 Å². The number of nitrogens with one attached hydrogen (secondary N) is 1. The number of hydrogen-bond acceptors (Lipinski definition) is 7. The second-order valence-corrected chi connectivity index (χ2v) is 8.24. The average molecular weight is 401 g/mol. The number of sulfonamides is 1. The Morgan fingerprint density at radius 1 is 1.21 bits per heavy atom. The van der Waals surface area contributed by atoms with Gasteiger partial charge in [-0.1, -0.05) is 23.4 Å². The molecule has 0 atom stereocenters. The molecule has 0 spiro atoms. The fourth-order valence-corrected chi connectivity index (χ4v) is 2.76. The van der Waals surface area contributed by atoms with Crippen LogP contribution in [0.3, 0.4) is 0 Å². The molecular weight excluding hydrogens is 382 g/mol. The van der Waals surface area contributed by atoms with Crippen LogP contribution in [0.1, 0.15) is 11.5 Å². The van der Waals surface area contributed by atoms with Gasteiger partial charge in [0.05, 0.1) is 19.2 Å². The molecule has 10 heteroatoms. The fourth-order valence-electron chi connectivity index (χ4n) is 2.41. The summed E-state index contributed by atoms with van der Waals surface area (Å²) in [5, 5.41) is 6.68. The lowest BCUT2D eigenvalue weighted by molar-refractivity contribution is -0.116. The predicted molar refractivity (Wildman–Crippen MR) is 103 cm³/mol. The van der Waals surface area contributed by atoms with E-state index in [2.05, 4.69) is 20.4 Å². The highest BCUT2D eigenvalue weighted by Crippen LogP contribution is 2.20. The van der Waals surface area contributed by atoms with E-state index < -0.39 is 15.9 Å². The minimum Gasteiger partial charge on any atom is -0.339 e. The first-order chi connectivity index (χ1) is 13.3. The number of carbonyl (C=O) groups excluding carboxylic acids is 1. The molecule has 0 saturated heterocycles. The van der Waals surface area contributed by atoms with Crippen LogP contribution >= 0.6 is 0 Å². The third-order valence-corrected chi connectivity index (χ3v) is 5.21. The summed E-state index contributed by atoms with van der Waals surface area (Å²) in [4.78, 5) is 20.6. The minimum atomic E-state index is -3.44. The summed E-state index contributed by atoms with van der Waals surface area (Å²) in [7, 11) is -2.09. The second-order valence-electron chi connectivity index (χ2n) is 6.15. The van der Waals surface area contributed by atoms with Gasteiger partial charge >= 0.3 is 0 Å². The Kier molecular flexibility index (Phi) is 5.81. The van der Waals surface area contributed by atoms with Crippen molar-refractivity contribution in [2.24, 2.45) is 0 Å². The van der Waals surface area contributed by atoms with Crippen LogP contribution in [0.5, 0.6) is 0 Å². The van der Waals surface area contributed by atoms with E-state index in [0.29, 0.717) is 23.8 Å². The number of anilines is 1. The van der Waals surface area contributed by atoms with Gasteiger partial charge in [0.1, 0.15) is 0 Å². The standard InChI is InChI=1S/C18H19N5O4S/c1-23(28(2,25)26)12-16(24)20-15-8-4-3-6-13(15)10-17-21-18(22-27-17)14-7-5-9-19-11-14/h3-9,11H,10,12H2,1-2H3,(H,20,24). The fraction of sp³-hybridized carbons (Fsp3) is 0.222. The number of benzene rings is 1. The van der Waals surface area contributed by atoms with Gasteiger partial charge in [0.25, 0.3) is 0 Å². The van der Waals surface area contributed by atoms with Crippen LogP contribution in [-0.4, -0.2) is 53.6 Å². The number of aromatic nitrogens is 3. The molecule has 1 aromatic carbocycles. The first-order valence-corrected chi connectivity index (χ1v) is 10.2. The Balaban J connectivity index is 1.73. The first kappa shape index (κ1) is 19.6. The summed E-state index contributed by atoms with van der Waals surface area (Å²) in [6.45, 7) is -0.279. The number of hydrogen-bond donors (Lipinski definition) is 1. The van der Waals surface area contributed by atoms with E-state index in [-0.39, 0.29) is 6.54 Å². The maximum absolute atomic E-state index is 12.2. The second kappa shape index (κ2) is 8.28. The Morgan fingerprint density at radius 3 is 2.71 bits per heavy atom. The molecule has 0 aliphatic carbocycles. The van der Waals surface area contributed by atoms with Crippen molar-refractivity contribution in [2.45, 2.75) is 6.42 Å². The lowest BCUT2D eigenvalue weighted by Crippen LogP contribution is -2.34. The van der Waals surface area contributed by atoms with Crippen LogP contribution in [0.25, 0.3) is 11.4 Å². The van der Waals surface area contributed by atoms with Crippen LogP contribution in [0.2, 0.25) is 0 Å². The Morgan fingerprint density at radius 2 is 2.00 bits per heavy atom. The molecule has 0 bridgehead atoms. The Labute approximate surface area is 162 Å². The van der Waals surface area contributed by atoms with Crippen molar-refractivity contribution < 1.29 is 17.7 Å². The summed E-state index contributed by atoms with van der Waals surface area (Å²) in [5.74, 6) is 0.371. The lowest BCUT2D eigenvalue weighted by atomic mass is 10.1. The number of amides is 1. The number of carbonyl (C=O) groups is 1. The topological polar surface area (TPSA) is 118 Å². The number of pyridine rings is 1. The average Bonchev–Trinajstić information content (AvgIpc) is 3.12. The first-order valence-electron chi connectivity index (χ1n) is 8.35. The molecule has 2 heterocycles. The number of nitrogens with zero attached hydrogens (tertiary/aromatic N) is 4. The monoisotopic (exact) mass is 401 g/mol. The van der Waals surface area contributed by atoms with Crippen molar-refractivity contribution in [2.75, 3.05) is 25.2 Å². The summed E-state index contributed by atoms with van der Waals surface area (Å²) < 4.78 is 29.2. The molecule has 2 aromatic heterocycles. The highest BCUT2D eigenvalue weighted by Gasteiger charge is 2.17. The van der Waals surface area contributed by atoms with Gasteiger partial charge in [-0.25, -0.2) is 8.42 Å². The Bertz CT molecular complexity index is 1070. The van der Waals surface area contributed by atoms with E-state index in [9.17, 15) is 13.2 Å². The SMILES string of the molecule is CN(CC(=O)Nc1ccccc1Cc1nc(-c2cccnc2)no1)S(C)(=O)=O. The van der Waals surface area contributed by atoms with Gasteiger partial charge in [0, 0.05) is 30.7 Å². The summed E-state index contributed by atoms with van der Waals surface area (Å²) in [5.41, 5.74) is 2.05. The number of likely N-dealkylation sites (N-methyl/N-ethyl adjacent to an activating group) is 1. The lowest BCUT2D eigenvalue weighted by Gasteiger charge is -2.15. The third-order valence-electron chi connectivity index (χ3n) is 3.95. The van der Waals surface area contributed by atoms with E-state index in [1.807, 2.05) is 18.2 Å². The highest BCUT2D eigenvalue weighted by atomic mass is 32.2. The zero-order valence-electron chi connectivity index (χ0n) is 15.4. The maximum Gasteiger partial charge on any atom is 0.239 e. The van der Waals surface area contributed by atoms with E-state index >= 15 is 0 Å². The maximum atomic E-state index is 12.2. The van der Waals surface area contributed by atoms with Gasteiger partial charge < -0.3 is 9.84 Å². The Hall–Kier alpha value is -3.11. The van der Waals surface area contributed by atoms with Crippen molar-refractivity contribution in [3.63, 3.8) is 0 Å². The smallest absolute Gasteiger partial charge is 0.239 e. The van der Waals surface area contributed by atoms with E-state index in [1.165, 1.54) is 7.05 Å². The molecule has 146 valence electrons. The quantitative estimate of drug-likeness (QED) is 0.638. The molecule has 0 radical (unpaired) electrons. The molecule has 0 aliphatic heterocycles. The molecule has 3 rings (SSSR count). The zero-order valence-corrected chi connectivity index (χ0v) is 16.2. The number of para-hydroxylation sites is 1. The van der Waals surface area contributed by atoms with Crippen molar-refractivity contribution in [1.29, 1.82) is 0 Å². The third kappa shape index (κ3) is 4.99. The molecule has 0 fully saturated rings. The normalized spacial score (nSPS) is 11.5. The molecular formula is C18H19N5O4S. The summed E-state index contributed by atoms with van der Waals surface area (Å²) >= 11 is 0. The van der Waals surface area contributed by atoms with Gasteiger partial charge in [0.15, 0.2) is 0 Å². The van der Waals surface area contributed by atoms with Crippen molar-refractivity contribution in [3.8, 4) is 11.4 Å². The molecule has 1 N–H and O–H groups in total. The van der Waals surface area contributed by atoms with Gasteiger partial charge in [-0.2, -0.15) is 9.29 Å². The van der Waals surface area contributed by atoms with E-state index in [0.717, 1.165) is 21.7 Å². The summed E-state index contributed by atoms with van der Waals surface area (Å²) in [6.07, 6.45) is 4.65. The van der Waals surface area contributed by atoms with Crippen LogP contribution in [0.4, 0.5) is 5.69 Å². The predicted octanol–water partition coefficient (Wildman–Crippen LogP) is 1.55. The minimum absolute atomic E-state index is 0.279. The van der Waals surface area contributed by atoms with Crippen LogP contribution < -0.4 is 5.32 Å². The highest BCUT2D eigenvalue weighted by molar-refractivity contribution is 7.88. The van der Waals surface area contributed by atoms with Crippen LogP contribution in [-0.2, 0) is 21.2 Å².